The average molecular weight is 414 g/mol. The number of carboxylic acids is 1. The molecular formula is C22H39NO6. The SMILES string of the molecule is CCCCCCCCCCOC(=O)C1CC(C(=O)O)CN(C(=O)OC(C)(C)C)C1. The van der Waals surface area contributed by atoms with Crippen LogP contribution in [0.25, 0.3) is 0 Å². The van der Waals surface area contributed by atoms with E-state index in [9.17, 15) is 19.5 Å². The van der Waals surface area contributed by atoms with E-state index in [2.05, 4.69) is 6.92 Å². The van der Waals surface area contributed by atoms with Crippen molar-refractivity contribution in [1.82, 2.24) is 4.90 Å². The molecule has 0 aromatic heterocycles. The molecule has 1 fully saturated rings. The fourth-order valence-corrected chi connectivity index (χ4v) is 3.45. The highest BCUT2D eigenvalue weighted by Crippen LogP contribution is 2.25. The summed E-state index contributed by atoms with van der Waals surface area (Å²) in [7, 11) is 0. The van der Waals surface area contributed by atoms with Crippen LogP contribution in [0.15, 0.2) is 0 Å². The number of carbonyl (C=O) groups excluding carboxylic acids is 2. The minimum atomic E-state index is -1.01. The molecule has 0 radical (unpaired) electrons. The smallest absolute Gasteiger partial charge is 0.410 e. The molecule has 168 valence electrons. The Morgan fingerprint density at radius 2 is 1.48 bits per heavy atom. The number of rotatable bonds is 11. The average Bonchev–Trinajstić information content (AvgIpc) is 2.64. The molecule has 29 heavy (non-hydrogen) atoms. The largest absolute Gasteiger partial charge is 0.481 e. The van der Waals surface area contributed by atoms with Gasteiger partial charge in [-0.3, -0.25) is 9.59 Å². The van der Waals surface area contributed by atoms with Gasteiger partial charge in [0, 0.05) is 13.1 Å². The molecule has 0 aromatic carbocycles. The van der Waals surface area contributed by atoms with Crippen LogP contribution in [0.4, 0.5) is 4.79 Å². The van der Waals surface area contributed by atoms with Crippen molar-refractivity contribution >= 4 is 18.0 Å². The summed E-state index contributed by atoms with van der Waals surface area (Å²) < 4.78 is 10.7. The molecule has 1 N–H and O–H groups in total. The van der Waals surface area contributed by atoms with Crippen molar-refractivity contribution in [2.75, 3.05) is 19.7 Å². The molecule has 0 spiro atoms. The van der Waals surface area contributed by atoms with Crippen molar-refractivity contribution in [3.05, 3.63) is 0 Å². The standard InChI is InChI=1S/C22H39NO6/c1-5-6-7-8-9-10-11-12-13-28-20(26)18-14-17(19(24)25)15-23(16-18)21(27)29-22(2,3)4/h17-18H,5-16H2,1-4H3,(H,24,25). The topological polar surface area (TPSA) is 93.1 Å². The predicted octanol–water partition coefficient (Wildman–Crippen LogP) is 4.63. The Morgan fingerprint density at radius 1 is 0.931 bits per heavy atom. The van der Waals surface area contributed by atoms with E-state index >= 15 is 0 Å². The van der Waals surface area contributed by atoms with Gasteiger partial charge in [0.25, 0.3) is 0 Å². The first kappa shape index (κ1) is 25.2. The molecule has 0 aliphatic carbocycles. The first-order valence-electron chi connectivity index (χ1n) is 11.0. The molecule has 2 unspecified atom stereocenters. The second-order valence-corrected chi connectivity index (χ2v) is 9.00. The van der Waals surface area contributed by atoms with Crippen molar-refractivity contribution in [3.8, 4) is 0 Å². The molecule has 1 amide bonds. The van der Waals surface area contributed by atoms with Crippen molar-refractivity contribution < 1.29 is 29.0 Å². The molecule has 1 rings (SSSR count). The van der Waals surface area contributed by atoms with Crippen LogP contribution in [0, 0.1) is 11.8 Å². The lowest BCUT2D eigenvalue weighted by molar-refractivity contribution is -0.154. The van der Waals surface area contributed by atoms with E-state index in [4.69, 9.17) is 9.47 Å². The van der Waals surface area contributed by atoms with Gasteiger partial charge in [0.15, 0.2) is 0 Å². The second kappa shape index (κ2) is 12.7. The van der Waals surface area contributed by atoms with E-state index in [-0.39, 0.29) is 19.5 Å². The fourth-order valence-electron chi connectivity index (χ4n) is 3.45. The maximum atomic E-state index is 12.4. The van der Waals surface area contributed by atoms with E-state index in [1.54, 1.807) is 20.8 Å². The molecule has 0 saturated carbocycles. The third-order valence-corrected chi connectivity index (χ3v) is 5.03. The number of ether oxygens (including phenoxy) is 2. The van der Waals surface area contributed by atoms with Crippen molar-refractivity contribution in [2.24, 2.45) is 11.8 Å². The quantitative estimate of drug-likeness (QED) is 0.392. The van der Waals surface area contributed by atoms with E-state index in [1.807, 2.05) is 0 Å². The maximum absolute atomic E-state index is 12.4. The van der Waals surface area contributed by atoms with Crippen molar-refractivity contribution in [3.63, 3.8) is 0 Å². The highest BCUT2D eigenvalue weighted by atomic mass is 16.6. The number of carboxylic acid groups (broad SMARTS) is 1. The summed E-state index contributed by atoms with van der Waals surface area (Å²) in [6.45, 7) is 7.97. The monoisotopic (exact) mass is 413 g/mol. The van der Waals surface area contributed by atoms with Crippen molar-refractivity contribution in [1.29, 1.82) is 0 Å². The number of carbonyl (C=O) groups is 3. The summed E-state index contributed by atoms with van der Waals surface area (Å²) >= 11 is 0. The first-order valence-corrected chi connectivity index (χ1v) is 11.0. The van der Waals surface area contributed by atoms with Crippen molar-refractivity contribution in [2.45, 2.75) is 91.1 Å². The van der Waals surface area contributed by atoms with Crippen LogP contribution in [0.5, 0.6) is 0 Å². The summed E-state index contributed by atoms with van der Waals surface area (Å²) in [4.78, 5) is 37.6. The molecule has 1 aliphatic heterocycles. The number of unbranched alkanes of at least 4 members (excludes halogenated alkanes) is 7. The van der Waals surface area contributed by atoms with Gasteiger partial charge in [-0.15, -0.1) is 0 Å². The van der Waals surface area contributed by atoms with Crippen LogP contribution in [-0.2, 0) is 19.1 Å². The number of nitrogens with zero attached hydrogens (tertiary/aromatic N) is 1. The number of likely N-dealkylation sites (tertiary alicyclic amines) is 1. The summed E-state index contributed by atoms with van der Waals surface area (Å²) in [5, 5.41) is 9.39. The molecule has 0 aromatic rings. The van der Waals surface area contributed by atoms with Gasteiger partial charge in [0.2, 0.25) is 0 Å². The molecule has 7 nitrogen and oxygen atoms in total. The lowest BCUT2D eigenvalue weighted by Gasteiger charge is -2.35. The third kappa shape index (κ3) is 10.5. The van der Waals surface area contributed by atoms with E-state index in [1.165, 1.54) is 37.0 Å². The Morgan fingerprint density at radius 3 is 2.03 bits per heavy atom. The lowest BCUT2D eigenvalue weighted by Crippen LogP contribution is -2.49. The molecular weight excluding hydrogens is 374 g/mol. The molecule has 0 bridgehead atoms. The molecule has 1 saturated heterocycles. The van der Waals surface area contributed by atoms with Crippen LogP contribution in [0.2, 0.25) is 0 Å². The molecule has 7 heteroatoms. The highest BCUT2D eigenvalue weighted by molar-refractivity contribution is 5.78. The first-order chi connectivity index (χ1) is 13.6. The number of piperidine rings is 1. The van der Waals surface area contributed by atoms with Gasteiger partial charge in [0.1, 0.15) is 5.60 Å². The zero-order chi connectivity index (χ0) is 21.9. The molecule has 2 atom stereocenters. The summed E-state index contributed by atoms with van der Waals surface area (Å²) in [5.41, 5.74) is -0.681. The van der Waals surface area contributed by atoms with Crippen LogP contribution < -0.4 is 0 Å². The molecule has 1 aliphatic rings. The predicted molar refractivity (Wildman–Crippen MR) is 111 cm³/mol. The third-order valence-electron chi connectivity index (χ3n) is 5.03. The number of hydrogen-bond acceptors (Lipinski definition) is 5. The normalized spacial score (nSPS) is 19.7. The van der Waals surface area contributed by atoms with Gasteiger partial charge in [-0.1, -0.05) is 51.9 Å². The zero-order valence-electron chi connectivity index (χ0n) is 18.6. The minimum Gasteiger partial charge on any atom is -0.481 e. The van der Waals surface area contributed by atoms with E-state index in [0.717, 1.165) is 19.3 Å². The van der Waals surface area contributed by atoms with Gasteiger partial charge in [0.05, 0.1) is 18.4 Å². The van der Waals surface area contributed by atoms with Gasteiger partial charge >= 0.3 is 18.0 Å². The Bertz CT molecular complexity index is 528. The van der Waals surface area contributed by atoms with Gasteiger partial charge in [-0.25, -0.2) is 4.79 Å². The number of aliphatic carboxylic acids is 1. The Balaban J connectivity index is 2.42. The minimum absolute atomic E-state index is 0.0477. The number of esters is 1. The van der Waals surface area contributed by atoms with Gasteiger partial charge in [-0.2, -0.15) is 0 Å². The van der Waals surface area contributed by atoms with Crippen LogP contribution in [-0.4, -0.2) is 53.3 Å². The summed E-state index contributed by atoms with van der Waals surface area (Å²) in [6, 6.07) is 0. The Kier molecular flexibility index (Phi) is 11.1. The zero-order valence-corrected chi connectivity index (χ0v) is 18.6. The fraction of sp³-hybridized carbons (Fsp3) is 0.864. The lowest BCUT2D eigenvalue weighted by atomic mass is 9.89. The number of amides is 1. The van der Waals surface area contributed by atoms with Gasteiger partial charge < -0.3 is 19.5 Å². The van der Waals surface area contributed by atoms with Gasteiger partial charge in [-0.05, 0) is 33.6 Å². The second-order valence-electron chi connectivity index (χ2n) is 9.00. The highest BCUT2D eigenvalue weighted by Gasteiger charge is 2.39. The Labute approximate surface area is 175 Å². The number of hydrogen-bond donors (Lipinski definition) is 1. The van der Waals surface area contributed by atoms with Crippen LogP contribution in [0.3, 0.4) is 0 Å². The van der Waals surface area contributed by atoms with Crippen LogP contribution in [0.1, 0.15) is 85.5 Å². The molecule has 1 heterocycles. The van der Waals surface area contributed by atoms with E-state index in [0.29, 0.717) is 6.61 Å². The summed E-state index contributed by atoms with van der Waals surface area (Å²) in [5.74, 6) is -2.87. The maximum Gasteiger partial charge on any atom is 0.410 e. The van der Waals surface area contributed by atoms with E-state index < -0.39 is 35.5 Å². The summed E-state index contributed by atoms with van der Waals surface area (Å²) in [6.07, 6.45) is 8.84. The Hall–Kier alpha value is -1.79. The van der Waals surface area contributed by atoms with Crippen LogP contribution >= 0.6 is 0 Å².